The molecule has 1 aromatic carbocycles. The number of halogens is 1. The van der Waals surface area contributed by atoms with Gasteiger partial charge >= 0.3 is 0 Å². The molecule has 0 aliphatic carbocycles. The number of imidazole rings is 1. The van der Waals surface area contributed by atoms with Gasteiger partial charge in [-0.2, -0.15) is 0 Å². The van der Waals surface area contributed by atoms with E-state index < -0.39 is 22.0 Å². The first kappa shape index (κ1) is 20.6. The second-order valence-electron chi connectivity index (χ2n) is 7.02. The van der Waals surface area contributed by atoms with E-state index in [2.05, 4.69) is 9.97 Å². The Balaban J connectivity index is 1.50. The number of carbonyl (C=O) groups excluding carboxylic acids is 1. The van der Waals surface area contributed by atoms with Gasteiger partial charge in [0.15, 0.2) is 0 Å². The molecule has 2 atom stereocenters. The number of nitrogens with zero attached hydrogens (tertiary/aromatic N) is 3. The molecular weight excluding hydrogens is 391 g/mol. The van der Waals surface area contributed by atoms with Crippen LogP contribution in [0.2, 0.25) is 0 Å². The van der Waals surface area contributed by atoms with Crippen LogP contribution in [0.15, 0.2) is 18.2 Å². The summed E-state index contributed by atoms with van der Waals surface area (Å²) in [4.78, 5) is 20.9. The van der Waals surface area contributed by atoms with Crippen molar-refractivity contribution in [3.8, 4) is 0 Å². The number of sulfonamides is 1. The van der Waals surface area contributed by atoms with E-state index >= 15 is 0 Å². The lowest BCUT2D eigenvalue weighted by Crippen LogP contribution is -2.34. The van der Waals surface area contributed by atoms with Crippen LogP contribution in [0.1, 0.15) is 5.82 Å². The predicted molar refractivity (Wildman–Crippen MR) is 99.3 cm³/mol. The van der Waals surface area contributed by atoms with E-state index in [0.29, 0.717) is 16.9 Å². The van der Waals surface area contributed by atoms with Gasteiger partial charge in [0.25, 0.3) is 0 Å². The molecule has 154 valence electrons. The Kier molecular flexibility index (Phi) is 5.98. The summed E-state index contributed by atoms with van der Waals surface area (Å²) in [6, 6.07) is 4.18. The van der Waals surface area contributed by atoms with Crippen LogP contribution in [-0.4, -0.2) is 84.3 Å². The monoisotopic (exact) mass is 414 g/mol. The third kappa shape index (κ3) is 4.66. The van der Waals surface area contributed by atoms with Crippen LogP contribution in [0.25, 0.3) is 11.0 Å². The van der Waals surface area contributed by atoms with E-state index in [0.717, 1.165) is 4.31 Å². The number of hydrogen-bond donors (Lipinski definition) is 2. The van der Waals surface area contributed by atoms with Gasteiger partial charge < -0.3 is 19.7 Å². The van der Waals surface area contributed by atoms with Crippen molar-refractivity contribution in [2.24, 2.45) is 5.92 Å². The molecule has 1 saturated heterocycles. The molecule has 1 fully saturated rings. The first-order chi connectivity index (χ1) is 13.2. The molecule has 1 aliphatic rings. The number of hydrogen-bond acceptors (Lipinski definition) is 6. The summed E-state index contributed by atoms with van der Waals surface area (Å²) in [6.45, 7) is 0.0300. The zero-order valence-electron chi connectivity index (χ0n) is 15.6. The van der Waals surface area contributed by atoms with Gasteiger partial charge in [-0.05, 0) is 18.2 Å². The molecule has 0 unspecified atom stereocenters. The number of likely N-dealkylation sites (tertiary alicyclic amines) is 1. The van der Waals surface area contributed by atoms with E-state index in [1.54, 1.807) is 6.07 Å². The second-order valence-corrected chi connectivity index (χ2v) is 9.25. The molecule has 11 heteroatoms. The van der Waals surface area contributed by atoms with E-state index in [9.17, 15) is 22.7 Å². The Morgan fingerprint density at radius 3 is 2.89 bits per heavy atom. The van der Waals surface area contributed by atoms with E-state index in [-0.39, 0.29) is 43.8 Å². The average molecular weight is 414 g/mol. The van der Waals surface area contributed by atoms with Gasteiger partial charge in [0.2, 0.25) is 15.9 Å². The average Bonchev–Trinajstić information content (AvgIpc) is 3.17. The van der Waals surface area contributed by atoms with Crippen molar-refractivity contribution >= 4 is 27.0 Å². The maximum atomic E-state index is 13.2. The molecule has 3 rings (SSSR count). The van der Waals surface area contributed by atoms with Crippen LogP contribution in [0.5, 0.6) is 0 Å². The van der Waals surface area contributed by atoms with E-state index in [1.807, 2.05) is 0 Å². The SMILES string of the molecule is CN(C)S(=O)(=O)C[C@@H]1CN(C(=O)COCc2nc3ccc(F)cc3[nH]2)C[C@@H]1O. The number of rotatable bonds is 7. The number of aliphatic hydroxyl groups is 1. The normalized spacial score (nSPS) is 20.4. The molecule has 0 bridgehead atoms. The van der Waals surface area contributed by atoms with Crippen molar-refractivity contribution in [3.05, 3.63) is 29.8 Å². The van der Waals surface area contributed by atoms with Gasteiger partial charge in [-0.1, -0.05) is 0 Å². The van der Waals surface area contributed by atoms with Gasteiger partial charge in [0, 0.05) is 33.1 Å². The number of ether oxygens (including phenoxy) is 1. The number of H-pyrrole nitrogens is 1. The lowest BCUT2D eigenvalue weighted by atomic mass is 10.1. The number of aliphatic hydroxyl groups excluding tert-OH is 1. The van der Waals surface area contributed by atoms with Crippen LogP contribution >= 0.6 is 0 Å². The Morgan fingerprint density at radius 1 is 1.43 bits per heavy atom. The van der Waals surface area contributed by atoms with Crippen LogP contribution in [0, 0.1) is 11.7 Å². The standard InChI is InChI=1S/C17H23FN4O5S/c1-21(2)28(25,26)10-11-6-22(7-15(11)23)17(24)9-27-8-16-19-13-4-3-12(18)5-14(13)20-16/h3-5,11,15,23H,6-10H2,1-2H3,(H,19,20)/t11-,15-/m0/s1. The number of fused-ring (bicyclic) bond motifs is 1. The lowest BCUT2D eigenvalue weighted by molar-refractivity contribution is -0.136. The molecule has 0 spiro atoms. The fraction of sp³-hybridized carbons (Fsp3) is 0.529. The first-order valence-electron chi connectivity index (χ1n) is 8.73. The summed E-state index contributed by atoms with van der Waals surface area (Å²) >= 11 is 0. The zero-order valence-corrected chi connectivity index (χ0v) is 16.4. The fourth-order valence-electron chi connectivity index (χ4n) is 3.07. The van der Waals surface area contributed by atoms with Gasteiger partial charge in [0.1, 0.15) is 24.9 Å². The van der Waals surface area contributed by atoms with E-state index in [4.69, 9.17) is 4.74 Å². The van der Waals surface area contributed by atoms with Crippen LogP contribution in [-0.2, 0) is 26.2 Å². The van der Waals surface area contributed by atoms with Crippen molar-refractivity contribution in [2.45, 2.75) is 12.7 Å². The van der Waals surface area contributed by atoms with Gasteiger partial charge in [-0.15, -0.1) is 0 Å². The Bertz CT molecular complexity index is 962. The zero-order chi connectivity index (χ0) is 20.5. The number of carbonyl (C=O) groups is 1. The summed E-state index contributed by atoms with van der Waals surface area (Å²) in [7, 11) is -0.607. The number of amides is 1. The molecule has 1 amide bonds. The number of aromatic nitrogens is 2. The van der Waals surface area contributed by atoms with Gasteiger partial charge in [-0.25, -0.2) is 22.1 Å². The van der Waals surface area contributed by atoms with Crippen molar-refractivity contribution in [1.29, 1.82) is 0 Å². The topological polar surface area (TPSA) is 116 Å². The third-order valence-electron chi connectivity index (χ3n) is 4.70. The first-order valence-corrected chi connectivity index (χ1v) is 10.3. The van der Waals surface area contributed by atoms with Crippen LogP contribution in [0.3, 0.4) is 0 Å². The second kappa shape index (κ2) is 8.11. The third-order valence-corrected chi connectivity index (χ3v) is 6.66. The quantitative estimate of drug-likeness (QED) is 0.655. The number of β-amino-alcohol motifs (C(OH)–C–C–N with tert-alkyl or cyclic N) is 1. The summed E-state index contributed by atoms with van der Waals surface area (Å²) in [5, 5.41) is 10.1. The molecule has 2 heterocycles. The number of benzene rings is 1. The minimum absolute atomic E-state index is 0.0386. The highest BCUT2D eigenvalue weighted by Gasteiger charge is 2.37. The lowest BCUT2D eigenvalue weighted by Gasteiger charge is -2.18. The largest absolute Gasteiger partial charge is 0.391 e. The molecular formula is C17H23FN4O5S. The number of aromatic amines is 1. The molecule has 1 aromatic heterocycles. The highest BCUT2D eigenvalue weighted by Crippen LogP contribution is 2.20. The highest BCUT2D eigenvalue weighted by atomic mass is 32.2. The minimum Gasteiger partial charge on any atom is -0.391 e. The minimum atomic E-state index is -3.47. The van der Waals surface area contributed by atoms with Crippen LogP contribution < -0.4 is 0 Å². The van der Waals surface area contributed by atoms with Crippen molar-refractivity contribution in [1.82, 2.24) is 19.2 Å². The van der Waals surface area contributed by atoms with Crippen molar-refractivity contribution < 1.29 is 27.4 Å². The van der Waals surface area contributed by atoms with Crippen molar-refractivity contribution in [2.75, 3.05) is 39.5 Å². The predicted octanol–water partition coefficient (Wildman–Crippen LogP) is -0.0707. The Labute approximate surface area is 162 Å². The smallest absolute Gasteiger partial charge is 0.248 e. The molecule has 0 saturated carbocycles. The Hall–Kier alpha value is -2.08. The summed E-state index contributed by atoms with van der Waals surface area (Å²) in [6.07, 6.45) is -0.899. The molecule has 2 N–H and O–H groups in total. The fourth-order valence-corrected chi connectivity index (χ4v) is 4.24. The summed E-state index contributed by atoms with van der Waals surface area (Å²) < 4.78 is 43.6. The highest BCUT2D eigenvalue weighted by molar-refractivity contribution is 7.89. The molecule has 0 radical (unpaired) electrons. The number of nitrogens with one attached hydrogen (secondary N) is 1. The van der Waals surface area contributed by atoms with E-state index in [1.165, 1.54) is 31.1 Å². The molecule has 28 heavy (non-hydrogen) atoms. The van der Waals surface area contributed by atoms with Gasteiger partial charge in [-0.3, -0.25) is 4.79 Å². The maximum Gasteiger partial charge on any atom is 0.248 e. The molecule has 1 aliphatic heterocycles. The van der Waals surface area contributed by atoms with Gasteiger partial charge in [0.05, 0.1) is 22.9 Å². The summed E-state index contributed by atoms with van der Waals surface area (Å²) in [5.74, 6) is -1.02. The Morgan fingerprint density at radius 2 is 2.18 bits per heavy atom. The maximum absolute atomic E-state index is 13.2. The molecule has 9 nitrogen and oxygen atoms in total. The van der Waals surface area contributed by atoms with Crippen LogP contribution in [0.4, 0.5) is 4.39 Å². The summed E-state index contributed by atoms with van der Waals surface area (Å²) in [5.41, 5.74) is 1.14. The van der Waals surface area contributed by atoms with Crippen molar-refractivity contribution in [3.63, 3.8) is 0 Å². The molecule has 2 aromatic rings.